The van der Waals surface area contributed by atoms with Crippen molar-refractivity contribution in [3.63, 3.8) is 0 Å². The van der Waals surface area contributed by atoms with Gasteiger partial charge in [0.15, 0.2) is 0 Å². The van der Waals surface area contributed by atoms with Gasteiger partial charge in [-0.05, 0) is 29.2 Å². The summed E-state index contributed by atoms with van der Waals surface area (Å²) in [5, 5.41) is 0.846. The number of hydrogen-bond acceptors (Lipinski definition) is 1. The van der Waals surface area contributed by atoms with Crippen molar-refractivity contribution in [3.8, 4) is 0 Å². The highest BCUT2D eigenvalue weighted by Gasteiger charge is 2.39. The molecule has 3 rings (SSSR count). The molecule has 0 radical (unpaired) electrons. The second kappa shape index (κ2) is 5.28. The fourth-order valence-electron chi connectivity index (χ4n) is 3.48. The highest BCUT2D eigenvalue weighted by Crippen LogP contribution is 2.51. The average molecular weight is 265 g/mol. The average Bonchev–Trinajstić information content (AvgIpc) is 2.32. The van der Waals surface area contributed by atoms with Crippen LogP contribution in [0.3, 0.4) is 0 Å². The molecule has 0 aliphatic carbocycles. The maximum atomic E-state index is 5.94. The van der Waals surface area contributed by atoms with Crippen molar-refractivity contribution in [2.24, 2.45) is 0 Å². The van der Waals surface area contributed by atoms with Gasteiger partial charge in [-0.2, -0.15) is 11.6 Å². The normalized spacial score (nSPS) is 28.2. The molecule has 0 atom stereocenters. The van der Waals surface area contributed by atoms with Crippen LogP contribution in [0.1, 0.15) is 38.5 Å². The van der Waals surface area contributed by atoms with Gasteiger partial charge in [0.1, 0.15) is 0 Å². The lowest BCUT2D eigenvalue weighted by molar-refractivity contribution is 0.451. The van der Waals surface area contributed by atoms with Gasteiger partial charge in [0.05, 0.1) is 0 Å². The van der Waals surface area contributed by atoms with Crippen LogP contribution in [0.2, 0.25) is 16.7 Å². The molecule has 0 aromatic heterocycles. The van der Waals surface area contributed by atoms with Crippen LogP contribution in [-0.2, 0) is 0 Å². The molecule has 0 amide bonds. The van der Waals surface area contributed by atoms with E-state index in [1.54, 1.807) is 0 Å². The molecule has 17 heavy (non-hydrogen) atoms. The van der Waals surface area contributed by atoms with E-state index in [2.05, 4.69) is 23.7 Å². The Bertz CT molecular complexity index is 356. The van der Waals surface area contributed by atoms with Crippen LogP contribution in [0.4, 0.5) is 0 Å². The first kappa shape index (κ1) is 12.0. The molecule has 0 unspecified atom stereocenters. The van der Waals surface area contributed by atoms with Crippen LogP contribution >= 0.6 is 23.2 Å². The smallest absolute Gasteiger partial charge is 0.175 e. The lowest BCUT2D eigenvalue weighted by Gasteiger charge is -2.39. The molecule has 2 aliphatic heterocycles. The van der Waals surface area contributed by atoms with E-state index in [9.17, 15) is 0 Å². The van der Waals surface area contributed by atoms with Gasteiger partial charge in [-0.25, -0.2) is 0 Å². The zero-order chi connectivity index (χ0) is 11.7. The summed E-state index contributed by atoms with van der Waals surface area (Å²) in [5.41, 5.74) is 0. The summed E-state index contributed by atoms with van der Waals surface area (Å²) in [7, 11) is 0. The Hall–Kier alpha value is -0.0751. The molecular formula is C14H18BClS. The highest BCUT2D eigenvalue weighted by molar-refractivity contribution is 8.25. The van der Waals surface area contributed by atoms with Gasteiger partial charge in [0.25, 0.3) is 0 Å². The third-order valence-corrected chi connectivity index (χ3v) is 6.15. The lowest BCUT2D eigenvalue weighted by atomic mass is 9.42. The Morgan fingerprint density at radius 1 is 0.941 bits per heavy atom. The quantitative estimate of drug-likeness (QED) is 0.633. The van der Waals surface area contributed by atoms with Gasteiger partial charge in [-0.3, -0.25) is 0 Å². The third-order valence-electron chi connectivity index (χ3n) is 4.31. The molecule has 2 heterocycles. The zero-order valence-corrected chi connectivity index (χ0v) is 11.6. The van der Waals surface area contributed by atoms with E-state index >= 15 is 0 Å². The minimum Gasteiger partial charge on any atom is -0.175 e. The number of benzene rings is 1. The molecular weight excluding hydrogens is 246 g/mol. The molecule has 1 aromatic carbocycles. The fraction of sp³-hybridized carbons (Fsp3) is 0.571. The Balaban J connectivity index is 1.73. The van der Waals surface area contributed by atoms with Crippen LogP contribution in [0, 0.1) is 0 Å². The minimum absolute atomic E-state index is 0.846. The topological polar surface area (TPSA) is 0 Å². The first-order valence-electron chi connectivity index (χ1n) is 6.75. The number of hydrogen-bond donors (Lipinski definition) is 0. The van der Waals surface area contributed by atoms with Crippen molar-refractivity contribution < 1.29 is 0 Å². The van der Waals surface area contributed by atoms with E-state index in [4.69, 9.17) is 11.6 Å². The molecule has 0 saturated carbocycles. The van der Waals surface area contributed by atoms with Crippen LogP contribution in [0.25, 0.3) is 0 Å². The van der Waals surface area contributed by atoms with E-state index in [-0.39, 0.29) is 0 Å². The first-order chi connectivity index (χ1) is 8.33. The van der Waals surface area contributed by atoms with Gasteiger partial charge in [-0.15, -0.1) is 0 Å². The Labute approximate surface area is 113 Å². The van der Waals surface area contributed by atoms with Gasteiger partial charge < -0.3 is 0 Å². The predicted molar refractivity (Wildman–Crippen MR) is 78.3 cm³/mol. The number of rotatable bonds is 2. The van der Waals surface area contributed by atoms with Crippen LogP contribution < -0.4 is 0 Å². The van der Waals surface area contributed by atoms with Crippen molar-refractivity contribution in [1.29, 1.82) is 0 Å². The van der Waals surface area contributed by atoms with E-state index in [0.717, 1.165) is 22.6 Å². The molecule has 2 saturated heterocycles. The summed E-state index contributed by atoms with van der Waals surface area (Å²) >= 11 is 8.05. The standard InChI is InChI=1S/C14H18BClS/c16-13-7-9-14(10-8-13)17-15-11-3-1-4-12(15)6-2-5-11/h7-12H,1-6H2. The minimum atomic E-state index is 0.846. The molecule has 0 nitrogen and oxygen atoms in total. The molecule has 90 valence electrons. The molecule has 0 spiro atoms. The Morgan fingerprint density at radius 2 is 1.47 bits per heavy atom. The highest BCUT2D eigenvalue weighted by atomic mass is 35.5. The molecule has 2 aliphatic rings. The Morgan fingerprint density at radius 3 is 2.00 bits per heavy atom. The van der Waals surface area contributed by atoms with Crippen molar-refractivity contribution in [2.75, 3.05) is 0 Å². The molecule has 2 fully saturated rings. The Kier molecular flexibility index (Phi) is 3.72. The number of fused-ring (bicyclic) bond motifs is 2. The largest absolute Gasteiger partial charge is 0.222 e. The molecule has 3 heteroatoms. The predicted octanol–water partition coefficient (Wildman–Crippen LogP) is 5.53. The van der Waals surface area contributed by atoms with Crippen molar-refractivity contribution in [2.45, 2.75) is 55.1 Å². The SMILES string of the molecule is Clc1ccc(SB2C3CCCC2CCC3)cc1. The number of halogens is 1. The van der Waals surface area contributed by atoms with E-state index < -0.39 is 0 Å². The zero-order valence-electron chi connectivity index (χ0n) is 10.1. The molecule has 1 aromatic rings. The summed E-state index contributed by atoms with van der Waals surface area (Å²) in [6.07, 6.45) is 8.77. The van der Waals surface area contributed by atoms with E-state index in [0.29, 0.717) is 0 Å². The second-order valence-electron chi connectivity index (χ2n) is 5.42. The van der Waals surface area contributed by atoms with Crippen LogP contribution in [0.15, 0.2) is 29.2 Å². The summed E-state index contributed by atoms with van der Waals surface area (Å²) in [6, 6.07) is 8.39. The van der Waals surface area contributed by atoms with Crippen molar-refractivity contribution in [3.05, 3.63) is 29.3 Å². The first-order valence-corrected chi connectivity index (χ1v) is 8.01. The van der Waals surface area contributed by atoms with Gasteiger partial charge in [0, 0.05) is 5.02 Å². The summed E-state index contributed by atoms with van der Waals surface area (Å²) in [4.78, 5) is 1.40. The summed E-state index contributed by atoms with van der Waals surface area (Å²) in [6.45, 7) is 0. The van der Waals surface area contributed by atoms with Crippen LogP contribution in [0.5, 0.6) is 0 Å². The third kappa shape index (κ3) is 2.68. The van der Waals surface area contributed by atoms with Crippen molar-refractivity contribution >= 4 is 29.2 Å². The fourth-order valence-corrected chi connectivity index (χ4v) is 5.14. The van der Waals surface area contributed by atoms with Crippen molar-refractivity contribution in [1.82, 2.24) is 0 Å². The monoisotopic (exact) mass is 264 g/mol. The van der Waals surface area contributed by atoms with Gasteiger partial charge >= 0.3 is 0 Å². The van der Waals surface area contributed by atoms with Gasteiger partial charge in [0.2, 0.25) is 5.99 Å². The second-order valence-corrected chi connectivity index (χ2v) is 7.11. The summed E-state index contributed by atoms with van der Waals surface area (Å²) < 4.78 is 0. The maximum Gasteiger partial charge on any atom is 0.222 e. The summed E-state index contributed by atoms with van der Waals surface area (Å²) in [5.74, 6) is 2.82. The maximum absolute atomic E-state index is 5.94. The molecule has 0 N–H and O–H groups in total. The van der Waals surface area contributed by atoms with Crippen LogP contribution in [-0.4, -0.2) is 5.99 Å². The van der Waals surface area contributed by atoms with E-state index in [1.807, 2.05) is 12.1 Å². The van der Waals surface area contributed by atoms with E-state index in [1.165, 1.54) is 43.4 Å². The molecule has 2 bridgehead atoms. The van der Waals surface area contributed by atoms with Gasteiger partial charge in [-0.1, -0.05) is 61.8 Å². The lowest BCUT2D eigenvalue weighted by Crippen LogP contribution is -2.31.